The Hall–Kier alpha value is -0.453. The molecule has 0 bridgehead atoms. The highest BCUT2D eigenvalue weighted by Crippen LogP contribution is 2.37. The molecule has 0 aliphatic carbocycles. The molecule has 0 radical (unpaired) electrons. The van der Waals surface area contributed by atoms with Crippen LogP contribution in [0, 0.1) is 0 Å². The number of hydrogen-bond acceptors (Lipinski definition) is 3. The Balaban J connectivity index is 2.47. The van der Waals surface area contributed by atoms with Gasteiger partial charge in [-0.15, -0.1) is 6.58 Å². The Bertz CT molecular complexity index is 317. The third kappa shape index (κ3) is 3.77. The molecule has 4 heteroatoms. The van der Waals surface area contributed by atoms with E-state index in [4.69, 9.17) is 9.16 Å². The summed E-state index contributed by atoms with van der Waals surface area (Å²) in [6.07, 6.45) is 2.45. The molecule has 1 heterocycles. The van der Waals surface area contributed by atoms with E-state index in [1.165, 1.54) is 0 Å². The van der Waals surface area contributed by atoms with E-state index in [2.05, 4.69) is 40.4 Å². The van der Waals surface area contributed by atoms with Gasteiger partial charge in [0, 0.05) is 6.42 Å². The molecule has 0 unspecified atom stereocenters. The zero-order valence-corrected chi connectivity index (χ0v) is 13.3. The summed E-state index contributed by atoms with van der Waals surface area (Å²) in [5, 5.41) is 0.191. The molecule has 0 aromatic heterocycles. The van der Waals surface area contributed by atoms with E-state index in [1.807, 2.05) is 0 Å². The summed E-state index contributed by atoms with van der Waals surface area (Å²) < 4.78 is 11.8. The van der Waals surface area contributed by atoms with Gasteiger partial charge in [-0.05, 0) is 24.6 Å². The maximum absolute atomic E-state index is 11.7. The van der Waals surface area contributed by atoms with E-state index in [9.17, 15) is 4.79 Å². The van der Waals surface area contributed by atoms with Crippen molar-refractivity contribution in [2.45, 2.75) is 64.0 Å². The minimum absolute atomic E-state index is 0.0726. The lowest BCUT2D eigenvalue weighted by Gasteiger charge is -2.36. The Morgan fingerprint density at radius 3 is 2.61 bits per heavy atom. The molecule has 0 saturated carbocycles. The largest absolute Gasteiger partial charge is 0.414 e. The molecule has 1 saturated heterocycles. The number of ether oxygens (including phenoxy) is 1. The fourth-order valence-corrected chi connectivity index (χ4v) is 2.70. The molecule has 1 fully saturated rings. The first-order valence-corrected chi connectivity index (χ1v) is 9.51. The van der Waals surface area contributed by atoms with E-state index in [0.29, 0.717) is 19.4 Å². The van der Waals surface area contributed by atoms with Crippen molar-refractivity contribution in [3.63, 3.8) is 0 Å². The highest BCUT2D eigenvalue weighted by Gasteiger charge is 2.39. The van der Waals surface area contributed by atoms with Crippen LogP contribution in [-0.2, 0) is 14.0 Å². The second-order valence-corrected chi connectivity index (χ2v) is 11.3. The molecule has 0 aromatic rings. The molecular weight excluding hydrogens is 244 g/mol. The van der Waals surface area contributed by atoms with Crippen LogP contribution >= 0.6 is 0 Å². The number of hydrogen-bond donors (Lipinski definition) is 0. The Morgan fingerprint density at radius 2 is 2.11 bits per heavy atom. The predicted octanol–water partition coefficient (Wildman–Crippen LogP) is 3.31. The van der Waals surface area contributed by atoms with Gasteiger partial charge in [0.2, 0.25) is 0 Å². The van der Waals surface area contributed by atoms with Crippen molar-refractivity contribution >= 4 is 14.1 Å². The second-order valence-electron chi connectivity index (χ2n) is 6.51. The van der Waals surface area contributed by atoms with Crippen molar-refractivity contribution in [3.05, 3.63) is 12.7 Å². The van der Waals surface area contributed by atoms with Crippen molar-refractivity contribution in [2.75, 3.05) is 6.61 Å². The Kier molecular flexibility index (Phi) is 4.92. The fourth-order valence-electron chi connectivity index (χ4n) is 1.67. The second kappa shape index (κ2) is 5.68. The van der Waals surface area contributed by atoms with Gasteiger partial charge in [0.25, 0.3) is 0 Å². The first-order chi connectivity index (χ1) is 8.17. The highest BCUT2D eigenvalue weighted by molar-refractivity contribution is 6.74. The van der Waals surface area contributed by atoms with Gasteiger partial charge in [0.15, 0.2) is 14.1 Å². The summed E-state index contributed by atoms with van der Waals surface area (Å²) in [5.41, 5.74) is 0. The summed E-state index contributed by atoms with van der Waals surface area (Å²) in [6.45, 7) is 15.2. The molecule has 1 aliphatic heterocycles. The fraction of sp³-hybridized carbons (Fsp3) is 0.786. The SMILES string of the molecule is C=CC[C@@H]1O[C@@H](CO[Si](C)(C)C(C)(C)C)CC1=O. The van der Waals surface area contributed by atoms with E-state index in [-0.39, 0.29) is 23.0 Å². The molecular formula is C14H26O3Si. The minimum atomic E-state index is -1.75. The molecule has 104 valence electrons. The lowest BCUT2D eigenvalue weighted by Crippen LogP contribution is -2.42. The predicted molar refractivity (Wildman–Crippen MR) is 76.2 cm³/mol. The number of ketones is 1. The number of Topliss-reactive ketones (excluding diaryl/α,β-unsaturated/α-hetero) is 1. The van der Waals surface area contributed by atoms with Crippen LogP contribution in [0.3, 0.4) is 0 Å². The van der Waals surface area contributed by atoms with Crippen LogP contribution in [0.5, 0.6) is 0 Å². The van der Waals surface area contributed by atoms with Crippen molar-refractivity contribution in [3.8, 4) is 0 Å². The van der Waals surface area contributed by atoms with Crippen LogP contribution < -0.4 is 0 Å². The molecule has 0 spiro atoms. The number of carbonyl (C=O) groups is 1. The van der Waals surface area contributed by atoms with Crippen LogP contribution in [0.1, 0.15) is 33.6 Å². The van der Waals surface area contributed by atoms with Gasteiger partial charge in [-0.2, -0.15) is 0 Å². The Morgan fingerprint density at radius 1 is 1.50 bits per heavy atom. The zero-order chi connectivity index (χ0) is 14.0. The third-order valence-electron chi connectivity index (χ3n) is 3.96. The molecule has 1 aliphatic rings. The molecule has 0 amide bonds. The summed E-state index contributed by atoms with van der Waals surface area (Å²) >= 11 is 0. The van der Waals surface area contributed by atoms with Crippen molar-refractivity contribution in [1.29, 1.82) is 0 Å². The van der Waals surface area contributed by atoms with Crippen molar-refractivity contribution < 1.29 is 14.0 Å². The van der Waals surface area contributed by atoms with E-state index in [1.54, 1.807) is 6.08 Å². The average Bonchev–Trinajstić information content (AvgIpc) is 2.56. The van der Waals surface area contributed by atoms with Gasteiger partial charge in [0.05, 0.1) is 12.7 Å². The minimum Gasteiger partial charge on any atom is -0.414 e. The number of carbonyl (C=O) groups excluding carboxylic acids is 1. The summed E-state index contributed by atoms with van der Waals surface area (Å²) in [5.74, 6) is 0.179. The summed E-state index contributed by atoms with van der Waals surface area (Å²) in [4.78, 5) is 11.7. The maximum Gasteiger partial charge on any atom is 0.192 e. The van der Waals surface area contributed by atoms with E-state index >= 15 is 0 Å². The maximum atomic E-state index is 11.7. The van der Waals surface area contributed by atoms with Gasteiger partial charge in [-0.1, -0.05) is 26.8 Å². The van der Waals surface area contributed by atoms with Crippen molar-refractivity contribution in [1.82, 2.24) is 0 Å². The van der Waals surface area contributed by atoms with Crippen LogP contribution in [0.4, 0.5) is 0 Å². The molecule has 18 heavy (non-hydrogen) atoms. The normalized spacial score (nSPS) is 25.5. The monoisotopic (exact) mass is 270 g/mol. The lowest BCUT2D eigenvalue weighted by molar-refractivity contribution is -0.122. The Labute approximate surface area is 112 Å². The zero-order valence-electron chi connectivity index (χ0n) is 12.3. The molecule has 0 aromatic carbocycles. The standard InChI is InChI=1S/C14H26O3Si/c1-7-8-13-12(15)9-11(17-13)10-16-18(5,6)14(2,3)4/h7,11,13H,1,8-10H2,2-6H3/t11-,13+/m1/s1. The van der Waals surface area contributed by atoms with Gasteiger partial charge in [-0.25, -0.2) is 0 Å². The molecule has 2 atom stereocenters. The summed E-state index contributed by atoms with van der Waals surface area (Å²) in [6, 6.07) is 0. The van der Waals surface area contributed by atoms with Crippen LogP contribution in [0.15, 0.2) is 12.7 Å². The van der Waals surface area contributed by atoms with Crippen molar-refractivity contribution in [2.24, 2.45) is 0 Å². The van der Waals surface area contributed by atoms with Crippen LogP contribution in [-0.4, -0.2) is 32.9 Å². The quantitative estimate of drug-likeness (QED) is 0.568. The van der Waals surface area contributed by atoms with Crippen LogP contribution in [0.25, 0.3) is 0 Å². The van der Waals surface area contributed by atoms with Gasteiger partial charge in [-0.3, -0.25) is 4.79 Å². The number of rotatable bonds is 5. The lowest BCUT2D eigenvalue weighted by atomic mass is 10.1. The van der Waals surface area contributed by atoms with E-state index < -0.39 is 8.32 Å². The van der Waals surface area contributed by atoms with Gasteiger partial charge in [0.1, 0.15) is 6.10 Å². The van der Waals surface area contributed by atoms with E-state index in [0.717, 1.165) is 0 Å². The smallest absolute Gasteiger partial charge is 0.192 e. The van der Waals surface area contributed by atoms with Gasteiger partial charge < -0.3 is 9.16 Å². The average molecular weight is 270 g/mol. The topological polar surface area (TPSA) is 35.5 Å². The third-order valence-corrected chi connectivity index (χ3v) is 8.46. The van der Waals surface area contributed by atoms with Crippen LogP contribution in [0.2, 0.25) is 18.1 Å². The summed E-state index contributed by atoms with van der Waals surface area (Å²) in [7, 11) is -1.75. The first kappa shape index (κ1) is 15.6. The molecule has 1 rings (SSSR count). The molecule has 3 nitrogen and oxygen atoms in total. The first-order valence-electron chi connectivity index (χ1n) is 6.60. The van der Waals surface area contributed by atoms with Gasteiger partial charge >= 0.3 is 0 Å². The molecule has 0 N–H and O–H groups in total. The highest BCUT2D eigenvalue weighted by atomic mass is 28.4.